The highest BCUT2D eigenvalue weighted by Crippen LogP contribution is 2.30. The molecular weight excluding hydrogens is 220 g/mol. The van der Waals surface area contributed by atoms with Crippen LogP contribution < -0.4 is 5.32 Å². The smallest absolute Gasteiger partial charge is 0.0111 e. The molecule has 3 atom stereocenters. The van der Waals surface area contributed by atoms with Crippen molar-refractivity contribution in [1.29, 1.82) is 0 Å². The maximum Gasteiger partial charge on any atom is 0.0111 e. The average molecular weight is 250 g/mol. The summed E-state index contributed by atoms with van der Waals surface area (Å²) in [6, 6.07) is 2.47. The largest absolute Gasteiger partial charge is 0.311 e. The molecule has 2 nitrogen and oxygen atoms in total. The van der Waals surface area contributed by atoms with Gasteiger partial charge in [-0.1, -0.05) is 19.3 Å². The molecule has 1 saturated carbocycles. The predicted molar refractivity (Wildman–Crippen MR) is 76.8 cm³/mol. The number of nitrogens with zero attached hydrogens (tertiary/aromatic N) is 1. The zero-order valence-corrected chi connectivity index (χ0v) is 12.0. The van der Waals surface area contributed by atoms with Crippen molar-refractivity contribution in [3.63, 3.8) is 0 Å². The van der Waals surface area contributed by atoms with E-state index in [2.05, 4.69) is 17.1 Å². The van der Waals surface area contributed by atoms with Crippen molar-refractivity contribution < 1.29 is 0 Å². The molecule has 0 spiro atoms. The number of piperidine rings is 1. The lowest BCUT2D eigenvalue weighted by Gasteiger charge is -2.38. The molecule has 2 heteroatoms. The van der Waals surface area contributed by atoms with Crippen LogP contribution in [0.15, 0.2) is 0 Å². The molecule has 2 aliphatic heterocycles. The van der Waals surface area contributed by atoms with Gasteiger partial charge in [-0.05, 0) is 64.5 Å². The third-order valence-corrected chi connectivity index (χ3v) is 5.68. The zero-order valence-electron chi connectivity index (χ0n) is 12.0. The Bertz CT molecular complexity index is 260. The van der Waals surface area contributed by atoms with E-state index in [1.807, 2.05) is 0 Å². The summed E-state index contributed by atoms with van der Waals surface area (Å²) in [5.41, 5.74) is 0. The van der Waals surface area contributed by atoms with Gasteiger partial charge < -0.3 is 10.2 Å². The number of fused-ring (bicyclic) bond motifs is 1. The topological polar surface area (TPSA) is 15.3 Å². The first-order chi connectivity index (χ1) is 8.83. The minimum absolute atomic E-state index is 0.753. The second-order valence-corrected chi connectivity index (χ2v) is 6.91. The minimum Gasteiger partial charge on any atom is -0.311 e. The van der Waals surface area contributed by atoms with Crippen molar-refractivity contribution in [2.24, 2.45) is 5.92 Å². The van der Waals surface area contributed by atoms with Gasteiger partial charge in [0, 0.05) is 18.1 Å². The van der Waals surface area contributed by atoms with Crippen molar-refractivity contribution in [1.82, 2.24) is 10.2 Å². The Morgan fingerprint density at radius 3 is 2.61 bits per heavy atom. The van der Waals surface area contributed by atoms with Gasteiger partial charge in [-0.3, -0.25) is 0 Å². The first-order valence-corrected chi connectivity index (χ1v) is 8.33. The van der Waals surface area contributed by atoms with Crippen LogP contribution in [-0.4, -0.2) is 36.1 Å². The standard InChI is InChI=1S/C16H30N2/c1-13(14-6-3-2-4-7-14)17-15-9-11-18-10-5-8-16(18)12-15/h13-17H,2-12H2,1H3. The van der Waals surface area contributed by atoms with E-state index in [-0.39, 0.29) is 0 Å². The van der Waals surface area contributed by atoms with Crippen LogP contribution in [0.3, 0.4) is 0 Å². The monoisotopic (exact) mass is 250 g/mol. The van der Waals surface area contributed by atoms with Crippen LogP contribution in [0, 0.1) is 5.92 Å². The molecule has 0 aromatic rings. The third kappa shape index (κ3) is 2.91. The first-order valence-electron chi connectivity index (χ1n) is 8.33. The molecule has 0 radical (unpaired) electrons. The fourth-order valence-corrected chi connectivity index (χ4v) is 4.52. The molecule has 1 aliphatic carbocycles. The minimum atomic E-state index is 0.753. The summed E-state index contributed by atoms with van der Waals surface area (Å²) in [5, 5.41) is 3.97. The molecule has 0 bridgehead atoms. The van der Waals surface area contributed by atoms with Gasteiger partial charge in [0.05, 0.1) is 0 Å². The van der Waals surface area contributed by atoms with Crippen LogP contribution in [0.5, 0.6) is 0 Å². The molecule has 3 aliphatic rings. The molecule has 3 rings (SSSR count). The second kappa shape index (κ2) is 5.92. The van der Waals surface area contributed by atoms with Gasteiger partial charge >= 0.3 is 0 Å². The van der Waals surface area contributed by atoms with Crippen molar-refractivity contribution in [2.45, 2.75) is 82.8 Å². The van der Waals surface area contributed by atoms with Crippen LogP contribution in [0.25, 0.3) is 0 Å². The normalized spacial score (nSPS) is 36.5. The van der Waals surface area contributed by atoms with Crippen LogP contribution in [0.1, 0.15) is 64.7 Å². The summed E-state index contributed by atoms with van der Waals surface area (Å²) in [4.78, 5) is 2.73. The van der Waals surface area contributed by atoms with Crippen molar-refractivity contribution >= 4 is 0 Å². The summed E-state index contributed by atoms with van der Waals surface area (Å²) >= 11 is 0. The molecule has 2 heterocycles. The molecule has 104 valence electrons. The summed E-state index contributed by atoms with van der Waals surface area (Å²) in [5.74, 6) is 0.959. The molecule has 0 aromatic heterocycles. The number of nitrogens with one attached hydrogen (secondary N) is 1. The molecular formula is C16H30N2. The van der Waals surface area contributed by atoms with Crippen molar-refractivity contribution in [3.8, 4) is 0 Å². The van der Waals surface area contributed by atoms with Crippen molar-refractivity contribution in [3.05, 3.63) is 0 Å². The van der Waals surface area contributed by atoms with E-state index in [9.17, 15) is 0 Å². The Morgan fingerprint density at radius 2 is 1.78 bits per heavy atom. The third-order valence-electron chi connectivity index (χ3n) is 5.68. The number of hydrogen-bond donors (Lipinski definition) is 1. The molecule has 2 saturated heterocycles. The van der Waals surface area contributed by atoms with Gasteiger partial charge in [-0.15, -0.1) is 0 Å². The lowest BCUT2D eigenvalue weighted by molar-refractivity contribution is 0.150. The quantitative estimate of drug-likeness (QED) is 0.827. The van der Waals surface area contributed by atoms with Gasteiger partial charge in [-0.25, -0.2) is 0 Å². The predicted octanol–water partition coefficient (Wildman–Crippen LogP) is 3.17. The first kappa shape index (κ1) is 12.9. The van der Waals surface area contributed by atoms with E-state index < -0.39 is 0 Å². The van der Waals surface area contributed by atoms with E-state index in [4.69, 9.17) is 0 Å². The second-order valence-electron chi connectivity index (χ2n) is 6.91. The summed E-state index contributed by atoms with van der Waals surface area (Å²) < 4.78 is 0. The Balaban J connectivity index is 1.47. The van der Waals surface area contributed by atoms with Gasteiger partial charge in [0.1, 0.15) is 0 Å². The highest BCUT2D eigenvalue weighted by Gasteiger charge is 2.32. The van der Waals surface area contributed by atoms with Crippen LogP contribution in [0.4, 0.5) is 0 Å². The molecule has 3 fully saturated rings. The summed E-state index contributed by atoms with van der Waals surface area (Å²) in [6.07, 6.45) is 13.0. The molecule has 0 amide bonds. The highest BCUT2D eigenvalue weighted by atomic mass is 15.2. The van der Waals surface area contributed by atoms with Gasteiger partial charge in [0.2, 0.25) is 0 Å². The van der Waals surface area contributed by atoms with Gasteiger partial charge in [0.15, 0.2) is 0 Å². The maximum absolute atomic E-state index is 3.97. The molecule has 1 N–H and O–H groups in total. The van der Waals surface area contributed by atoms with Crippen LogP contribution in [-0.2, 0) is 0 Å². The van der Waals surface area contributed by atoms with E-state index in [1.165, 1.54) is 70.9 Å². The fraction of sp³-hybridized carbons (Fsp3) is 1.00. The highest BCUT2D eigenvalue weighted by molar-refractivity contribution is 4.91. The Hall–Kier alpha value is -0.0800. The number of hydrogen-bond acceptors (Lipinski definition) is 2. The summed E-state index contributed by atoms with van der Waals surface area (Å²) in [6.45, 7) is 5.16. The van der Waals surface area contributed by atoms with Crippen LogP contribution >= 0.6 is 0 Å². The SMILES string of the molecule is CC(NC1CCN2CCCC2C1)C1CCCCC1. The lowest BCUT2D eigenvalue weighted by atomic mass is 9.84. The van der Waals surface area contributed by atoms with E-state index >= 15 is 0 Å². The van der Waals surface area contributed by atoms with Crippen molar-refractivity contribution in [2.75, 3.05) is 13.1 Å². The Labute approximate surface area is 113 Å². The maximum atomic E-state index is 3.97. The zero-order chi connectivity index (χ0) is 12.4. The van der Waals surface area contributed by atoms with Gasteiger partial charge in [-0.2, -0.15) is 0 Å². The lowest BCUT2D eigenvalue weighted by Crippen LogP contribution is -2.49. The molecule has 0 aromatic carbocycles. The van der Waals surface area contributed by atoms with E-state index in [0.29, 0.717) is 0 Å². The fourth-order valence-electron chi connectivity index (χ4n) is 4.52. The average Bonchev–Trinajstić information content (AvgIpc) is 2.87. The Kier molecular flexibility index (Phi) is 4.25. The van der Waals surface area contributed by atoms with E-state index in [1.54, 1.807) is 0 Å². The van der Waals surface area contributed by atoms with Crippen LogP contribution in [0.2, 0.25) is 0 Å². The molecule has 3 unspecified atom stereocenters. The Morgan fingerprint density at radius 1 is 0.944 bits per heavy atom. The van der Waals surface area contributed by atoms with Gasteiger partial charge in [0.25, 0.3) is 0 Å². The summed E-state index contributed by atoms with van der Waals surface area (Å²) in [7, 11) is 0. The molecule has 18 heavy (non-hydrogen) atoms. The number of rotatable bonds is 3. The van der Waals surface area contributed by atoms with E-state index in [0.717, 1.165) is 24.0 Å².